The van der Waals surface area contributed by atoms with Crippen molar-refractivity contribution in [2.45, 2.75) is 59.7 Å². The van der Waals surface area contributed by atoms with Crippen LogP contribution < -0.4 is 5.32 Å². The zero-order valence-corrected chi connectivity index (χ0v) is 14.1. The van der Waals surface area contributed by atoms with E-state index in [1.807, 2.05) is 6.20 Å². The first-order valence-corrected chi connectivity index (χ1v) is 8.45. The first kappa shape index (κ1) is 16.4. The van der Waals surface area contributed by atoms with Crippen LogP contribution in [0, 0.1) is 11.8 Å². The molecule has 21 heavy (non-hydrogen) atoms. The third kappa shape index (κ3) is 5.08. The highest BCUT2D eigenvalue weighted by Gasteiger charge is 2.26. The van der Waals surface area contributed by atoms with E-state index in [1.165, 1.54) is 30.6 Å². The Morgan fingerprint density at radius 3 is 2.71 bits per heavy atom. The molecule has 0 radical (unpaired) electrons. The average molecular weight is 289 g/mol. The molecule has 0 spiro atoms. The predicted molar refractivity (Wildman–Crippen MR) is 89.1 cm³/mol. The van der Waals surface area contributed by atoms with E-state index in [9.17, 15) is 0 Å². The van der Waals surface area contributed by atoms with Gasteiger partial charge in [-0.2, -0.15) is 0 Å². The number of nitrogens with zero attached hydrogens (tertiary/aromatic N) is 2. The summed E-state index contributed by atoms with van der Waals surface area (Å²) < 4.78 is 0. The van der Waals surface area contributed by atoms with Crippen LogP contribution in [0.2, 0.25) is 0 Å². The Morgan fingerprint density at radius 2 is 2.10 bits per heavy atom. The van der Waals surface area contributed by atoms with Gasteiger partial charge in [0.2, 0.25) is 0 Å². The van der Waals surface area contributed by atoms with Gasteiger partial charge in [0, 0.05) is 25.3 Å². The molecule has 0 aromatic carbocycles. The van der Waals surface area contributed by atoms with Gasteiger partial charge in [0.15, 0.2) is 0 Å². The van der Waals surface area contributed by atoms with Gasteiger partial charge in [-0.1, -0.05) is 33.8 Å². The van der Waals surface area contributed by atoms with Crippen molar-refractivity contribution < 1.29 is 0 Å². The molecule has 0 saturated carbocycles. The van der Waals surface area contributed by atoms with E-state index < -0.39 is 0 Å². The standard InChI is InChI=1S/C18H31N3/c1-14(2)10-19-11-16-7-8-17(20-12-16)13-21-9-5-6-18(21)15(3)4/h7-8,12,14-15,18-19H,5-6,9-11,13H2,1-4H3. The van der Waals surface area contributed by atoms with Gasteiger partial charge in [0.1, 0.15) is 0 Å². The van der Waals surface area contributed by atoms with Gasteiger partial charge >= 0.3 is 0 Å². The Morgan fingerprint density at radius 1 is 1.29 bits per heavy atom. The molecule has 1 aromatic rings. The van der Waals surface area contributed by atoms with Gasteiger partial charge in [-0.15, -0.1) is 0 Å². The van der Waals surface area contributed by atoms with Crippen molar-refractivity contribution in [2.24, 2.45) is 11.8 Å². The number of hydrogen-bond donors (Lipinski definition) is 1. The summed E-state index contributed by atoms with van der Waals surface area (Å²) in [6.45, 7) is 13.3. The highest BCUT2D eigenvalue weighted by Crippen LogP contribution is 2.25. The lowest BCUT2D eigenvalue weighted by Gasteiger charge is -2.27. The van der Waals surface area contributed by atoms with E-state index in [2.05, 4.69) is 55.0 Å². The SMILES string of the molecule is CC(C)CNCc1ccc(CN2CCCC2C(C)C)nc1. The molecule has 2 rings (SSSR count). The number of rotatable bonds is 7. The molecule has 1 saturated heterocycles. The molecule has 1 N–H and O–H groups in total. The first-order valence-electron chi connectivity index (χ1n) is 8.45. The van der Waals surface area contributed by atoms with Crippen LogP contribution in [0.3, 0.4) is 0 Å². The van der Waals surface area contributed by atoms with Crippen molar-refractivity contribution in [2.75, 3.05) is 13.1 Å². The van der Waals surface area contributed by atoms with Crippen molar-refractivity contribution in [1.82, 2.24) is 15.2 Å². The summed E-state index contributed by atoms with van der Waals surface area (Å²) in [7, 11) is 0. The Hall–Kier alpha value is -0.930. The Balaban J connectivity index is 1.84. The van der Waals surface area contributed by atoms with Crippen molar-refractivity contribution >= 4 is 0 Å². The van der Waals surface area contributed by atoms with Crippen molar-refractivity contribution in [3.05, 3.63) is 29.6 Å². The molecule has 0 aliphatic carbocycles. The fourth-order valence-electron chi connectivity index (χ4n) is 3.17. The number of pyridine rings is 1. The van der Waals surface area contributed by atoms with Crippen LogP contribution in [-0.2, 0) is 13.1 Å². The molecule has 1 atom stereocenters. The molecular formula is C18H31N3. The lowest BCUT2D eigenvalue weighted by Crippen LogP contribution is -2.33. The molecule has 1 aliphatic rings. The number of nitrogens with one attached hydrogen (secondary N) is 1. The second-order valence-electron chi connectivity index (χ2n) is 7.11. The largest absolute Gasteiger partial charge is 0.312 e. The van der Waals surface area contributed by atoms with Crippen molar-refractivity contribution in [3.8, 4) is 0 Å². The van der Waals surface area contributed by atoms with Crippen LogP contribution in [0.5, 0.6) is 0 Å². The highest BCUT2D eigenvalue weighted by molar-refractivity contribution is 5.14. The molecule has 0 amide bonds. The van der Waals surface area contributed by atoms with Crippen LogP contribution in [0.25, 0.3) is 0 Å². The molecule has 3 heteroatoms. The summed E-state index contributed by atoms with van der Waals surface area (Å²) in [5, 5.41) is 3.47. The lowest BCUT2D eigenvalue weighted by atomic mass is 10.0. The van der Waals surface area contributed by atoms with Crippen LogP contribution in [-0.4, -0.2) is 29.0 Å². The number of hydrogen-bond acceptors (Lipinski definition) is 3. The average Bonchev–Trinajstić information content (AvgIpc) is 2.89. The smallest absolute Gasteiger partial charge is 0.0544 e. The molecule has 1 fully saturated rings. The van der Waals surface area contributed by atoms with Gasteiger partial charge in [-0.25, -0.2) is 0 Å². The zero-order chi connectivity index (χ0) is 15.2. The lowest BCUT2D eigenvalue weighted by molar-refractivity contribution is 0.196. The second kappa shape index (κ2) is 7.90. The van der Waals surface area contributed by atoms with E-state index in [0.29, 0.717) is 5.92 Å². The number of aromatic nitrogens is 1. The zero-order valence-electron chi connectivity index (χ0n) is 14.1. The van der Waals surface area contributed by atoms with Gasteiger partial charge in [-0.3, -0.25) is 9.88 Å². The Bertz CT molecular complexity index is 411. The molecule has 118 valence electrons. The Kier molecular flexibility index (Phi) is 6.19. The molecule has 0 bridgehead atoms. The molecule has 1 unspecified atom stereocenters. The van der Waals surface area contributed by atoms with E-state index in [-0.39, 0.29) is 0 Å². The van der Waals surface area contributed by atoms with E-state index in [0.717, 1.165) is 31.6 Å². The maximum absolute atomic E-state index is 4.65. The van der Waals surface area contributed by atoms with E-state index >= 15 is 0 Å². The minimum absolute atomic E-state index is 0.695. The minimum Gasteiger partial charge on any atom is -0.312 e. The normalized spacial score (nSPS) is 19.8. The predicted octanol–water partition coefficient (Wildman–Crippen LogP) is 3.45. The van der Waals surface area contributed by atoms with Crippen LogP contribution in [0.4, 0.5) is 0 Å². The molecule has 1 aromatic heterocycles. The second-order valence-corrected chi connectivity index (χ2v) is 7.11. The van der Waals surface area contributed by atoms with Crippen molar-refractivity contribution in [3.63, 3.8) is 0 Å². The summed E-state index contributed by atoms with van der Waals surface area (Å²) >= 11 is 0. The minimum atomic E-state index is 0.695. The topological polar surface area (TPSA) is 28.2 Å². The van der Waals surface area contributed by atoms with E-state index in [1.54, 1.807) is 0 Å². The van der Waals surface area contributed by atoms with E-state index in [4.69, 9.17) is 0 Å². The summed E-state index contributed by atoms with van der Waals surface area (Å²) in [6, 6.07) is 5.15. The molecule has 2 heterocycles. The maximum Gasteiger partial charge on any atom is 0.0544 e. The van der Waals surface area contributed by atoms with Crippen LogP contribution >= 0.6 is 0 Å². The van der Waals surface area contributed by atoms with Gasteiger partial charge in [-0.05, 0) is 49.4 Å². The summed E-state index contributed by atoms with van der Waals surface area (Å²) in [4.78, 5) is 7.25. The Labute approximate surface area is 130 Å². The third-order valence-electron chi connectivity index (χ3n) is 4.32. The number of likely N-dealkylation sites (tertiary alicyclic amines) is 1. The summed E-state index contributed by atoms with van der Waals surface area (Å²) in [6.07, 6.45) is 4.71. The summed E-state index contributed by atoms with van der Waals surface area (Å²) in [5.74, 6) is 1.44. The summed E-state index contributed by atoms with van der Waals surface area (Å²) in [5.41, 5.74) is 2.48. The van der Waals surface area contributed by atoms with Crippen molar-refractivity contribution in [1.29, 1.82) is 0 Å². The van der Waals surface area contributed by atoms with Crippen LogP contribution in [0.1, 0.15) is 51.8 Å². The quantitative estimate of drug-likeness (QED) is 0.833. The fraction of sp³-hybridized carbons (Fsp3) is 0.722. The van der Waals surface area contributed by atoms with Gasteiger partial charge < -0.3 is 5.32 Å². The highest BCUT2D eigenvalue weighted by atomic mass is 15.2. The first-order chi connectivity index (χ1) is 10.1. The molecule has 3 nitrogen and oxygen atoms in total. The monoisotopic (exact) mass is 289 g/mol. The maximum atomic E-state index is 4.65. The molecular weight excluding hydrogens is 258 g/mol. The fourth-order valence-corrected chi connectivity index (χ4v) is 3.17. The molecule has 1 aliphatic heterocycles. The third-order valence-corrected chi connectivity index (χ3v) is 4.32. The van der Waals surface area contributed by atoms with Crippen LogP contribution in [0.15, 0.2) is 18.3 Å². The van der Waals surface area contributed by atoms with Gasteiger partial charge in [0.25, 0.3) is 0 Å². The van der Waals surface area contributed by atoms with Gasteiger partial charge in [0.05, 0.1) is 5.69 Å².